The van der Waals surface area contributed by atoms with E-state index in [9.17, 15) is 32.3 Å². The zero-order valence-electron chi connectivity index (χ0n) is 14.1. The third-order valence-electron chi connectivity index (χ3n) is 4.58. The van der Waals surface area contributed by atoms with Crippen LogP contribution < -0.4 is 5.32 Å². The number of para-hydroxylation sites is 1. The summed E-state index contributed by atoms with van der Waals surface area (Å²) >= 11 is 0. The number of hydrogen-bond donors (Lipinski definition) is 1. The molecule has 1 saturated carbocycles. The van der Waals surface area contributed by atoms with Gasteiger partial charge in [-0.2, -0.15) is 13.2 Å². The maximum absolute atomic E-state index is 13.0. The molecule has 0 atom stereocenters. The largest absolute Gasteiger partial charge is 0.418 e. The zero-order valence-corrected chi connectivity index (χ0v) is 14.1. The quantitative estimate of drug-likeness (QED) is 0.639. The van der Waals surface area contributed by atoms with Crippen molar-refractivity contribution in [2.24, 2.45) is 0 Å². The number of nitrogens with zero attached hydrogens (tertiary/aromatic N) is 2. The number of hydrogen-bond acceptors (Lipinski definition) is 4. The van der Waals surface area contributed by atoms with Crippen molar-refractivity contribution in [3.63, 3.8) is 0 Å². The Morgan fingerprint density at radius 2 is 1.70 bits per heavy atom. The summed E-state index contributed by atoms with van der Waals surface area (Å²) in [5.74, 6) is -3.16. The second-order valence-electron chi connectivity index (χ2n) is 6.38. The Labute approximate surface area is 152 Å². The monoisotopic (exact) mass is 383 g/mol. The summed E-state index contributed by atoms with van der Waals surface area (Å²) in [5.41, 5.74) is -1.55. The van der Waals surface area contributed by atoms with Gasteiger partial charge in [-0.3, -0.25) is 19.3 Å². The Hall–Kier alpha value is -2.91. The highest BCUT2D eigenvalue weighted by atomic mass is 19.4. The van der Waals surface area contributed by atoms with Crippen LogP contribution in [0.25, 0.3) is 0 Å². The van der Waals surface area contributed by atoms with Crippen molar-refractivity contribution in [3.8, 4) is 0 Å². The lowest BCUT2D eigenvalue weighted by atomic mass is 10.1. The predicted molar refractivity (Wildman–Crippen MR) is 86.3 cm³/mol. The second-order valence-corrected chi connectivity index (χ2v) is 6.38. The molecule has 1 aliphatic carbocycles. The molecule has 0 radical (unpaired) electrons. The van der Waals surface area contributed by atoms with Crippen LogP contribution in [-0.4, -0.2) is 46.1 Å². The van der Waals surface area contributed by atoms with Gasteiger partial charge in [0.2, 0.25) is 5.91 Å². The topological polar surface area (TPSA) is 86.8 Å². The van der Waals surface area contributed by atoms with E-state index in [1.54, 1.807) is 0 Å². The van der Waals surface area contributed by atoms with Crippen LogP contribution in [0, 0.1) is 0 Å². The molecule has 5 amide bonds. The van der Waals surface area contributed by atoms with E-state index in [0.29, 0.717) is 17.7 Å². The summed E-state index contributed by atoms with van der Waals surface area (Å²) in [7, 11) is 0. The minimum absolute atomic E-state index is 0.382. The summed E-state index contributed by atoms with van der Waals surface area (Å²) in [6.45, 7) is -0.835. The Morgan fingerprint density at radius 1 is 1.07 bits per heavy atom. The molecule has 7 nitrogen and oxygen atoms in total. The highest BCUT2D eigenvalue weighted by molar-refractivity contribution is 6.45. The smallest absolute Gasteiger partial charge is 0.324 e. The average Bonchev–Trinajstić information content (AvgIpc) is 3.18. The first-order chi connectivity index (χ1) is 12.7. The van der Waals surface area contributed by atoms with Gasteiger partial charge < -0.3 is 5.32 Å². The second kappa shape index (κ2) is 7.01. The molecule has 144 valence electrons. The first kappa shape index (κ1) is 18.9. The van der Waals surface area contributed by atoms with Gasteiger partial charge in [-0.25, -0.2) is 9.69 Å². The summed E-state index contributed by atoms with van der Waals surface area (Å²) in [4.78, 5) is 49.9. The molecule has 3 rings (SSSR count). The first-order valence-electron chi connectivity index (χ1n) is 8.35. The highest BCUT2D eigenvalue weighted by Gasteiger charge is 2.48. The number of carbonyl (C=O) groups is 4. The number of imide groups is 2. The van der Waals surface area contributed by atoms with Gasteiger partial charge in [0.15, 0.2) is 0 Å². The Balaban J connectivity index is 1.72. The zero-order chi connectivity index (χ0) is 19.8. The molecule has 2 aliphatic rings. The maximum atomic E-state index is 13.0. The molecule has 1 saturated heterocycles. The molecule has 1 aliphatic heterocycles. The highest BCUT2D eigenvalue weighted by Crippen LogP contribution is 2.34. The van der Waals surface area contributed by atoms with Gasteiger partial charge in [0, 0.05) is 6.04 Å². The van der Waals surface area contributed by atoms with Crippen molar-refractivity contribution in [2.75, 3.05) is 11.9 Å². The minimum Gasteiger partial charge on any atom is -0.324 e. The van der Waals surface area contributed by atoms with Crippen LogP contribution in [0.2, 0.25) is 0 Å². The summed E-state index contributed by atoms with van der Waals surface area (Å²) in [6.07, 6.45) is -1.86. The first-order valence-corrected chi connectivity index (χ1v) is 8.35. The summed E-state index contributed by atoms with van der Waals surface area (Å²) in [6, 6.07) is 3.05. The molecular weight excluding hydrogens is 367 g/mol. The number of rotatable bonds is 4. The van der Waals surface area contributed by atoms with Crippen molar-refractivity contribution in [1.82, 2.24) is 9.80 Å². The van der Waals surface area contributed by atoms with Crippen LogP contribution in [0.4, 0.5) is 23.7 Å². The van der Waals surface area contributed by atoms with E-state index in [-0.39, 0.29) is 6.04 Å². The maximum Gasteiger partial charge on any atom is 0.418 e. The Morgan fingerprint density at radius 3 is 2.33 bits per heavy atom. The number of anilines is 1. The third kappa shape index (κ3) is 3.64. The van der Waals surface area contributed by atoms with E-state index in [2.05, 4.69) is 0 Å². The minimum atomic E-state index is -4.68. The van der Waals surface area contributed by atoms with Crippen LogP contribution in [0.5, 0.6) is 0 Å². The van der Waals surface area contributed by atoms with Crippen LogP contribution in [0.1, 0.15) is 31.2 Å². The van der Waals surface area contributed by atoms with E-state index in [4.69, 9.17) is 0 Å². The van der Waals surface area contributed by atoms with Gasteiger partial charge in [0.05, 0.1) is 11.3 Å². The number of alkyl halides is 3. The van der Waals surface area contributed by atoms with Crippen LogP contribution in [-0.2, 0) is 20.6 Å². The van der Waals surface area contributed by atoms with Crippen molar-refractivity contribution in [2.45, 2.75) is 37.9 Å². The lowest BCUT2D eigenvalue weighted by Gasteiger charge is -2.21. The molecule has 0 spiro atoms. The third-order valence-corrected chi connectivity index (χ3v) is 4.58. The number of carbonyl (C=O) groups excluding carboxylic acids is 4. The molecule has 0 aromatic heterocycles. The van der Waals surface area contributed by atoms with Crippen molar-refractivity contribution < 1.29 is 32.3 Å². The molecule has 2 fully saturated rings. The van der Waals surface area contributed by atoms with Gasteiger partial charge >= 0.3 is 24.0 Å². The van der Waals surface area contributed by atoms with Gasteiger partial charge in [-0.1, -0.05) is 25.0 Å². The predicted octanol–water partition coefficient (Wildman–Crippen LogP) is 2.38. The van der Waals surface area contributed by atoms with Gasteiger partial charge in [-0.15, -0.1) is 0 Å². The molecule has 1 heterocycles. The van der Waals surface area contributed by atoms with Crippen LogP contribution in [0.3, 0.4) is 0 Å². The Kier molecular flexibility index (Phi) is 4.90. The average molecular weight is 383 g/mol. The number of benzene rings is 1. The fourth-order valence-electron chi connectivity index (χ4n) is 3.32. The molecule has 10 heteroatoms. The van der Waals surface area contributed by atoms with Gasteiger partial charge in [0.1, 0.15) is 6.54 Å². The van der Waals surface area contributed by atoms with E-state index < -0.39 is 47.7 Å². The lowest BCUT2D eigenvalue weighted by molar-refractivity contribution is -0.144. The van der Waals surface area contributed by atoms with Crippen molar-refractivity contribution >= 4 is 29.4 Å². The summed E-state index contributed by atoms with van der Waals surface area (Å²) < 4.78 is 38.9. The van der Waals surface area contributed by atoms with Crippen molar-refractivity contribution in [3.05, 3.63) is 29.8 Å². The van der Waals surface area contributed by atoms with Gasteiger partial charge in [0.25, 0.3) is 0 Å². The standard InChI is InChI=1S/C17H16F3N3O4/c18-17(19,20)11-7-3-4-8-12(11)21-13(24)9-22-14(25)15(26)23(16(22)27)10-5-1-2-6-10/h3-4,7-8,10H,1-2,5-6,9H2,(H,21,24). The lowest BCUT2D eigenvalue weighted by Crippen LogP contribution is -2.41. The fraction of sp³-hybridized carbons (Fsp3) is 0.412. The molecule has 0 unspecified atom stereocenters. The molecule has 27 heavy (non-hydrogen) atoms. The number of urea groups is 1. The number of amides is 5. The molecule has 0 bridgehead atoms. The van der Waals surface area contributed by atoms with E-state index in [1.165, 1.54) is 12.1 Å². The fourth-order valence-corrected chi connectivity index (χ4v) is 3.32. The van der Waals surface area contributed by atoms with Crippen LogP contribution in [0.15, 0.2) is 24.3 Å². The molecule has 1 aromatic rings. The molecule has 1 aromatic carbocycles. The van der Waals surface area contributed by atoms with Gasteiger partial charge in [-0.05, 0) is 25.0 Å². The normalized spacial score (nSPS) is 18.6. The van der Waals surface area contributed by atoms with E-state index in [0.717, 1.165) is 29.9 Å². The summed E-state index contributed by atoms with van der Waals surface area (Å²) in [5, 5.41) is 2.05. The van der Waals surface area contributed by atoms with E-state index in [1.807, 2.05) is 5.32 Å². The number of nitrogens with one attached hydrogen (secondary N) is 1. The van der Waals surface area contributed by atoms with Crippen molar-refractivity contribution in [1.29, 1.82) is 0 Å². The SMILES string of the molecule is O=C(CN1C(=O)C(=O)N(C2CCCC2)C1=O)Nc1ccccc1C(F)(F)F. The van der Waals surface area contributed by atoms with E-state index >= 15 is 0 Å². The van der Waals surface area contributed by atoms with Crippen LogP contribution >= 0.6 is 0 Å². The molecule has 1 N–H and O–H groups in total. The molecular formula is C17H16F3N3O4. The Bertz CT molecular complexity index is 803. The number of halogens is 3.